The molecular weight excluding hydrogens is 649 g/mol. The van der Waals surface area contributed by atoms with Gasteiger partial charge in [0, 0.05) is 33.0 Å². The summed E-state index contributed by atoms with van der Waals surface area (Å²) in [7, 11) is 0. The minimum atomic E-state index is 0.617. The van der Waals surface area contributed by atoms with Crippen LogP contribution in [0.3, 0.4) is 0 Å². The summed E-state index contributed by atoms with van der Waals surface area (Å²) in [6.07, 6.45) is 0. The van der Waals surface area contributed by atoms with E-state index in [0.717, 1.165) is 76.4 Å². The van der Waals surface area contributed by atoms with Gasteiger partial charge in [-0.05, 0) is 73.4 Å². The molecule has 2 aromatic heterocycles. The number of benzene rings is 9. The fourth-order valence-corrected chi connectivity index (χ4v) is 7.77. The molecule has 0 aliphatic heterocycles. The highest BCUT2D eigenvalue weighted by Crippen LogP contribution is 2.40. The van der Waals surface area contributed by atoms with Crippen molar-refractivity contribution in [2.45, 2.75) is 0 Å². The number of hydrogen-bond donors (Lipinski definition) is 0. The van der Waals surface area contributed by atoms with Gasteiger partial charge in [-0.25, -0.2) is 19.9 Å². The van der Waals surface area contributed by atoms with Gasteiger partial charge in [-0.1, -0.05) is 140 Å². The number of oxazole rings is 1. The first-order chi connectivity index (χ1) is 26.2. The van der Waals surface area contributed by atoms with Crippen LogP contribution in [-0.2, 0) is 0 Å². The van der Waals surface area contributed by atoms with Gasteiger partial charge in [0.15, 0.2) is 23.1 Å². The number of aromatic nitrogens is 4. The number of fused-ring (bicyclic) bond motifs is 10. The molecule has 0 aliphatic rings. The van der Waals surface area contributed by atoms with E-state index in [-0.39, 0.29) is 0 Å². The number of hydrogen-bond acceptors (Lipinski definition) is 5. The summed E-state index contributed by atoms with van der Waals surface area (Å²) in [5, 5.41) is 11.3. The molecule has 11 rings (SSSR count). The maximum absolute atomic E-state index is 6.55. The zero-order valence-corrected chi connectivity index (χ0v) is 28.4. The first kappa shape index (κ1) is 29.5. The van der Waals surface area contributed by atoms with Gasteiger partial charge < -0.3 is 4.42 Å². The molecule has 0 N–H and O–H groups in total. The lowest BCUT2D eigenvalue weighted by atomic mass is 9.95. The highest BCUT2D eigenvalue weighted by Gasteiger charge is 2.18. The van der Waals surface area contributed by atoms with E-state index in [1.807, 2.05) is 66.7 Å². The lowest BCUT2D eigenvalue weighted by molar-refractivity contribution is 0.623. The maximum Gasteiger partial charge on any atom is 0.227 e. The molecule has 0 amide bonds. The SMILES string of the molecule is c1ccc(-c2nc(-c3ccc4c(ccc5ccc6ccc7nc(-c8ccccc8)oc7c6c54)c3)nc(-c3cc4ccccc4c4ccccc34)n2)cc1. The van der Waals surface area contributed by atoms with E-state index >= 15 is 0 Å². The molecule has 0 radical (unpaired) electrons. The van der Waals surface area contributed by atoms with Crippen LogP contribution in [-0.4, -0.2) is 19.9 Å². The molecule has 246 valence electrons. The second-order valence-electron chi connectivity index (χ2n) is 13.4. The van der Waals surface area contributed by atoms with Gasteiger partial charge in [0.25, 0.3) is 0 Å². The van der Waals surface area contributed by atoms with Crippen molar-refractivity contribution in [3.63, 3.8) is 0 Å². The number of nitrogens with zero attached hydrogens (tertiary/aromatic N) is 4. The lowest BCUT2D eigenvalue weighted by Crippen LogP contribution is -2.00. The van der Waals surface area contributed by atoms with E-state index in [9.17, 15) is 0 Å². The zero-order valence-electron chi connectivity index (χ0n) is 28.4. The first-order valence-electron chi connectivity index (χ1n) is 17.7. The quantitative estimate of drug-likeness (QED) is 0.174. The molecular formula is C48H28N4O. The van der Waals surface area contributed by atoms with E-state index < -0.39 is 0 Å². The van der Waals surface area contributed by atoms with Crippen molar-refractivity contribution >= 4 is 65.0 Å². The van der Waals surface area contributed by atoms with Crippen molar-refractivity contribution < 1.29 is 4.42 Å². The van der Waals surface area contributed by atoms with Crippen LogP contribution in [0, 0.1) is 0 Å². The molecule has 2 heterocycles. The van der Waals surface area contributed by atoms with Crippen LogP contribution in [0.2, 0.25) is 0 Å². The van der Waals surface area contributed by atoms with Gasteiger partial charge in [-0.2, -0.15) is 0 Å². The van der Waals surface area contributed by atoms with E-state index in [4.69, 9.17) is 24.4 Å². The van der Waals surface area contributed by atoms with Crippen LogP contribution in [0.25, 0.3) is 111 Å². The van der Waals surface area contributed by atoms with Crippen molar-refractivity contribution in [2.24, 2.45) is 0 Å². The summed E-state index contributed by atoms with van der Waals surface area (Å²) in [5.74, 6) is 2.51. The first-order valence-corrected chi connectivity index (χ1v) is 17.7. The second kappa shape index (κ2) is 11.7. The summed E-state index contributed by atoms with van der Waals surface area (Å²) in [6, 6.07) is 58.8. The Bertz CT molecular complexity index is 3230. The second-order valence-corrected chi connectivity index (χ2v) is 13.4. The van der Waals surface area contributed by atoms with Crippen LogP contribution in [0.15, 0.2) is 174 Å². The summed E-state index contributed by atoms with van der Waals surface area (Å²) in [5.41, 5.74) is 5.41. The Morgan fingerprint density at radius 1 is 0.340 bits per heavy atom. The molecule has 5 heteroatoms. The highest BCUT2D eigenvalue weighted by molar-refractivity contribution is 6.26. The Balaban J connectivity index is 1.13. The minimum absolute atomic E-state index is 0.617. The predicted molar refractivity (Wildman–Crippen MR) is 217 cm³/mol. The van der Waals surface area contributed by atoms with Gasteiger partial charge in [0.2, 0.25) is 5.89 Å². The smallest absolute Gasteiger partial charge is 0.227 e. The topological polar surface area (TPSA) is 64.7 Å². The normalized spacial score (nSPS) is 11.8. The standard InChI is InChI=1S/C48H28N4O/c1-3-11-31(12-4-1)45-50-46(52-47(51-45)40-28-33-15-7-8-16-36(33)38-17-9-10-18-39(38)40)35-23-25-37-34(27-35)22-21-29-19-20-30-24-26-41-44(43(30)42(29)37)53-48(49-41)32-13-5-2-6-14-32/h1-28H. The molecule has 0 aliphatic carbocycles. The summed E-state index contributed by atoms with van der Waals surface area (Å²) >= 11 is 0. The Hall–Kier alpha value is -7.24. The Kier molecular flexibility index (Phi) is 6.48. The molecule has 5 nitrogen and oxygen atoms in total. The van der Waals surface area contributed by atoms with E-state index in [1.54, 1.807) is 0 Å². The molecule has 9 aromatic carbocycles. The third-order valence-corrected chi connectivity index (χ3v) is 10.3. The van der Waals surface area contributed by atoms with Crippen LogP contribution in [0.5, 0.6) is 0 Å². The number of rotatable bonds is 4. The van der Waals surface area contributed by atoms with Crippen LogP contribution in [0.4, 0.5) is 0 Å². The van der Waals surface area contributed by atoms with Gasteiger partial charge in [0.05, 0.1) is 0 Å². The maximum atomic E-state index is 6.55. The predicted octanol–water partition coefficient (Wildman–Crippen LogP) is 12.4. The average Bonchev–Trinajstić information content (AvgIpc) is 3.68. The van der Waals surface area contributed by atoms with E-state index in [2.05, 4.69) is 103 Å². The molecule has 0 saturated carbocycles. The van der Waals surface area contributed by atoms with Crippen molar-refractivity contribution in [3.8, 4) is 45.6 Å². The van der Waals surface area contributed by atoms with E-state index in [1.165, 1.54) is 10.8 Å². The molecule has 0 saturated heterocycles. The Morgan fingerprint density at radius 3 is 1.72 bits per heavy atom. The van der Waals surface area contributed by atoms with E-state index in [0.29, 0.717) is 23.4 Å². The molecule has 0 spiro atoms. The van der Waals surface area contributed by atoms with Gasteiger partial charge in [-0.15, -0.1) is 0 Å². The largest absolute Gasteiger partial charge is 0.435 e. The third kappa shape index (κ3) is 4.79. The molecule has 0 fully saturated rings. The molecule has 0 bridgehead atoms. The van der Waals surface area contributed by atoms with Crippen LogP contribution in [0.1, 0.15) is 0 Å². The molecule has 11 aromatic rings. The van der Waals surface area contributed by atoms with Gasteiger partial charge in [0.1, 0.15) is 5.52 Å². The fourth-order valence-electron chi connectivity index (χ4n) is 7.77. The third-order valence-electron chi connectivity index (χ3n) is 10.3. The molecule has 53 heavy (non-hydrogen) atoms. The summed E-state index contributed by atoms with van der Waals surface area (Å²) < 4.78 is 6.55. The Morgan fingerprint density at radius 2 is 0.925 bits per heavy atom. The van der Waals surface area contributed by atoms with Crippen molar-refractivity contribution in [2.75, 3.05) is 0 Å². The van der Waals surface area contributed by atoms with Gasteiger partial charge in [-0.3, -0.25) is 0 Å². The van der Waals surface area contributed by atoms with Crippen LogP contribution >= 0.6 is 0 Å². The van der Waals surface area contributed by atoms with Crippen molar-refractivity contribution in [3.05, 3.63) is 170 Å². The lowest BCUT2D eigenvalue weighted by Gasteiger charge is -2.13. The summed E-state index contributed by atoms with van der Waals surface area (Å²) in [4.78, 5) is 20.3. The molecule has 0 unspecified atom stereocenters. The molecule has 0 atom stereocenters. The monoisotopic (exact) mass is 676 g/mol. The Labute approximate surface area is 303 Å². The highest BCUT2D eigenvalue weighted by atomic mass is 16.3. The fraction of sp³-hybridized carbons (Fsp3) is 0. The minimum Gasteiger partial charge on any atom is -0.435 e. The zero-order chi connectivity index (χ0) is 34.9. The van der Waals surface area contributed by atoms with Crippen molar-refractivity contribution in [1.82, 2.24) is 19.9 Å². The van der Waals surface area contributed by atoms with Crippen molar-refractivity contribution in [1.29, 1.82) is 0 Å². The van der Waals surface area contributed by atoms with Crippen LogP contribution < -0.4 is 0 Å². The van der Waals surface area contributed by atoms with Gasteiger partial charge >= 0.3 is 0 Å². The average molecular weight is 677 g/mol. The summed E-state index contributed by atoms with van der Waals surface area (Å²) in [6.45, 7) is 0.